The Morgan fingerprint density at radius 1 is 0.944 bits per heavy atom. The third-order valence-corrected chi connectivity index (χ3v) is 7.22. The Bertz CT molecular complexity index is 1170. The van der Waals surface area contributed by atoms with Gasteiger partial charge in [-0.1, -0.05) is 30.2 Å². The van der Waals surface area contributed by atoms with Crippen molar-refractivity contribution in [1.29, 1.82) is 0 Å². The number of anilines is 2. The van der Waals surface area contributed by atoms with Gasteiger partial charge in [-0.3, -0.25) is 9.59 Å². The minimum absolute atomic E-state index is 0. The standard InChI is InChI=1S/C26H29ClN4O3.2ClH/c27-18-10-13-22(28-16-18)29-26(33)24-23(20-6-2-3-7-21(20)34-24)30-25(32)17-8-11-19(12-9-17)31-14-4-1-5-15-31;;/h2-3,6-7,10,13,16-17,19H,1,4-5,8-9,11-12,14-15H2,(H,30,32)(H,28,29,33);2*1H/t17-,19-;;. The maximum Gasteiger partial charge on any atom is 0.294 e. The molecule has 5 rings (SSSR count). The van der Waals surface area contributed by atoms with Crippen molar-refractivity contribution < 1.29 is 14.0 Å². The van der Waals surface area contributed by atoms with Crippen molar-refractivity contribution in [2.24, 2.45) is 5.92 Å². The number of carbonyl (C=O) groups is 2. The summed E-state index contributed by atoms with van der Waals surface area (Å²) in [7, 11) is 0. The van der Waals surface area contributed by atoms with Gasteiger partial charge in [0.15, 0.2) is 0 Å². The number of carbonyl (C=O) groups excluding carboxylic acids is 2. The molecule has 3 aromatic rings. The third kappa shape index (κ3) is 6.32. The quantitative estimate of drug-likeness (QED) is 0.374. The summed E-state index contributed by atoms with van der Waals surface area (Å²) in [5.74, 6) is -0.183. The fraction of sp³-hybridized carbons (Fsp3) is 0.423. The second-order valence-corrected chi connectivity index (χ2v) is 9.65. The number of piperidine rings is 1. The van der Waals surface area contributed by atoms with Gasteiger partial charge < -0.3 is 20.0 Å². The number of nitrogens with one attached hydrogen (secondary N) is 2. The Morgan fingerprint density at radius 2 is 1.67 bits per heavy atom. The molecular formula is C26H31Cl3N4O3. The lowest BCUT2D eigenvalue weighted by Crippen LogP contribution is -2.42. The number of amides is 2. The van der Waals surface area contributed by atoms with Crippen molar-refractivity contribution in [1.82, 2.24) is 9.88 Å². The molecule has 2 N–H and O–H groups in total. The summed E-state index contributed by atoms with van der Waals surface area (Å²) in [6.07, 6.45) is 9.15. The Labute approximate surface area is 228 Å². The molecule has 2 aliphatic rings. The highest BCUT2D eigenvalue weighted by Gasteiger charge is 2.31. The molecule has 36 heavy (non-hydrogen) atoms. The van der Waals surface area contributed by atoms with Crippen LogP contribution in [0.5, 0.6) is 0 Å². The second kappa shape index (κ2) is 12.8. The molecule has 2 aromatic heterocycles. The maximum absolute atomic E-state index is 13.2. The zero-order valence-electron chi connectivity index (χ0n) is 19.9. The molecule has 2 amide bonds. The average Bonchev–Trinajstić information content (AvgIpc) is 3.24. The summed E-state index contributed by atoms with van der Waals surface area (Å²) in [6, 6.07) is 11.2. The van der Waals surface area contributed by atoms with Crippen LogP contribution in [0.1, 0.15) is 55.5 Å². The van der Waals surface area contributed by atoms with E-state index in [1.54, 1.807) is 18.2 Å². The maximum atomic E-state index is 13.2. The monoisotopic (exact) mass is 552 g/mol. The number of furan rings is 1. The van der Waals surface area contributed by atoms with E-state index in [1.807, 2.05) is 18.2 Å². The predicted molar refractivity (Wildman–Crippen MR) is 148 cm³/mol. The van der Waals surface area contributed by atoms with Crippen molar-refractivity contribution >= 4 is 70.7 Å². The van der Waals surface area contributed by atoms with Crippen LogP contribution in [0, 0.1) is 5.92 Å². The van der Waals surface area contributed by atoms with Gasteiger partial charge in [0.05, 0.1) is 5.02 Å². The van der Waals surface area contributed by atoms with Gasteiger partial charge in [-0.25, -0.2) is 4.98 Å². The molecule has 194 valence electrons. The highest BCUT2D eigenvalue weighted by molar-refractivity contribution is 6.30. The summed E-state index contributed by atoms with van der Waals surface area (Å²) in [5, 5.41) is 6.92. The minimum Gasteiger partial charge on any atom is -0.449 e. The predicted octanol–water partition coefficient (Wildman–Crippen LogP) is 6.56. The minimum atomic E-state index is -0.477. The van der Waals surface area contributed by atoms with Crippen LogP contribution in [0.3, 0.4) is 0 Å². The lowest BCUT2D eigenvalue weighted by Gasteiger charge is -2.38. The van der Waals surface area contributed by atoms with Crippen LogP contribution in [0.4, 0.5) is 11.5 Å². The zero-order chi connectivity index (χ0) is 23.5. The summed E-state index contributed by atoms with van der Waals surface area (Å²) >= 11 is 5.88. The first-order valence-corrected chi connectivity index (χ1v) is 12.5. The first-order chi connectivity index (χ1) is 16.6. The third-order valence-electron chi connectivity index (χ3n) is 6.99. The molecule has 2 fully saturated rings. The van der Waals surface area contributed by atoms with Crippen LogP contribution in [0.25, 0.3) is 11.0 Å². The SMILES string of the molecule is Cl.Cl.O=C(Nc1ccc(Cl)cn1)c1oc2ccccc2c1NC(=O)[C@H]1CC[C@H](N2CCCCC2)CC1. The van der Waals surface area contributed by atoms with Crippen LogP contribution < -0.4 is 10.6 Å². The molecule has 1 saturated carbocycles. The molecule has 3 heterocycles. The number of para-hydroxylation sites is 1. The number of rotatable bonds is 5. The molecule has 10 heteroatoms. The molecule has 1 aliphatic carbocycles. The van der Waals surface area contributed by atoms with E-state index in [2.05, 4.69) is 20.5 Å². The topological polar surface area (TPSA) is 87.5 Å². The van der Waals surface area contributed by atoms with Crippen LogP contribution in [0.15, 0.2) is 47.0 Å². The van der Waals surface area contributed by atoms with E-state index < -0.39 is 5.91 Å². The number of hydrogen-bond donors (Lipinski definition) is 2. The summed E-state index contributed by atoms with van der Waals surface area (Å²) in [4.78, 5) is 33.0. The molecule has 0 radical (unpaired) electrons. The van der Waals surface area contributed by atoms with Crippen molar-refractivity contribution in [3.05, 3.63) is 53.4 Å². The number of hydrogen-bond acceptors (Lipinski definition) is 5. The molecule has 1 aliphatic heterocycles. The first-order valence-electron chi connectivity index (χ1n) is 12.1. The normalized spacial score (nSPS) is 20.1. The Morgan fingerprint density at radius 3 is 2.36 bits per heavy atom. The Balaban J connectivity index is 0.00000180. The van der Waals surface area contributed by atoms with Gasteiger partial charge in [0.2, 0.25) is 11.7 Å². The number of halogens is 3. The number of likely N-dealkylation sites (tertiary alicyclic amines) is 1. The van der Waals surface area contributed by atoms with Gasteiger partial charge in [-0.15, -0.1) is 24.8 Å². The second-order valence-electron chi connectivity index (χ2n) is 9.21. The summed E-state index contributed by atoms with van der Waals surface area (Å²) < 4.78 is 5.85. The number of benzene rings is 1. The van der Waals surface area contributed by atoms with Crippen molar-refractivity contribution in [3.8, 4) is 0 Å². The number of pyridine rings is 1. The molecule has 0 spiro atoms. The Hall–Kier alpha value is -2.32. The van der Waals surface area contributed by atoms with Gasteiger partial charge in [0, 0.05) is 23.5 Å². The molecule has 0 atom stereocenters. The average molecular weight is 554 g/mol. The number of fused-ring (bicyclic) bond motifs is 1. The molecule has 1 aromatic carbocycles. The van der Waals surface area contributed by atoms with Crippen molar-refractivity contribution in [3.63, 3.8) is 0 Å². The molecule has 7 nitrogen and oxygen atoms in total. The summed E-state index contributed by atoms with van der Waals surface area (Å²) in [6.45, 7) is 2.37. The lowest BCUT2D eigenvalue weighted by molar-refractivity contribution is -0.121. The molecular weight excluding hydrogens is 523 g/mol. The van der Waals surface area contributed by atoms with E-state index in [4.69, 9.17) is 16.0 Å². The lowest BCUT2D eigenvalue weighted by atomic mass is 9.84. The van der Waals surface area contributed by atoms with Crippen LogP contribution in [-0.4, -0.2) is 40.8 Å². The summed E-state index contributed by atoms with van der Waals surface area (Å²) in [5.41, 5.74) is 0.950. The van der Waals surface area contributed by atoms with Crippen LogP contribution in [-0.2, 0) is 4.79 Å². The van der Waals surface area contributed by atoms with E-state index in [0.717, 1.165) is 25.7 Å². The van der Waals surface area contributed by atoms with Gasteiger partial charge in [0.25, 0.3) is 5.91 Å². The number of nitrogens with zero attached hydrogens (tertiary/aromatic N) is 2. The van der Waals surface area contributed by atoms with Crippen LogP contribution in [0.2, 0.25) is 5.02 Å². The highest BCUT2D eigenvalue weighted by atomic mass is 35.5. The van der Waals surface area contributed by atoms with E-state index in [-0.39, 0.29) is 42.4 Å². The van der Waals surface area contributed by atoms with Gasteiger partial charge in [-0.05, 0) is 75.9 Å². The van der Waals surface area contributed by atoms with Crippen molar-refractivity contribution in [2.45, 2.75) is 51.0 Å². The number of aromatic nitrogens is 1. The Kier molecular flexibility index (Phi) is 10.0. The fourth-order valence-electron chi connectivity index (χ4n) is 5.16. The smallest absolute Gasteiger partial charge is 0.294 e. The van der Waals surface area contributed by atoms with Gasteiger partial charge >= 0.3 is 0 Å². The van der Waals surface area contributed by atoms with E-state index >= 15 is 0 Å². The van der Waals surface area contributed by atoms with E-state index in [1.165, 1.54) is 38.5 Å². The largest absolute Gasteiger partial charge is 0.449 e. The fourth-order valence-corrected chi connectivity index (χ4v) is 5.28. The van der Waals surface area contributed by atoms with E-state index in [9.17, 15) is 9.59 Å². The molecule has 0 bridgehead atoms. The van der Waals surface area contributed by atoms with Crippen LogP contribution >= 0.6 is 36.4 Å². The first kappa shape index (κ1) is 28.3. The highest BCUT2D eigenvalue weighted by Crippen LogP contribution is 2.34. The molecule has 0 unspecified atom stereocenters. The molecule has 1 saturated heterocycles. The zero-order valence-corrected chi connectivity index (χ0v) is 22.3. The van der Waals surface area contributed by atoms with Crippen molar-refractivity contribution in [2.75, 3.05) is 23.7 Å². The van der Waals surface area contributed by atoms with E-state index in [0.29, 0.717) is 33.5 Å². The van der Waals surface area contributed by atoms with Gasteiger partial charge in [0.1, 0.15) is 17.1 Å². The van der Waals surface area contributed by atoms with Gasteiger partial charge in [-0.2, -0.15) is 0 Å².